The summed E-state index contributed by atoms with van der Waals surface area (Å²) >= 11 is 1.04. The average molecular weight is 542 g/mol. The third-order valence-electron chi connectivity index (χ3n) is 6.64. The molecule has 0 saturated heterocycles. The molecule has 2 N–H and O–H groups in total. The number of amides is 2. The molecule has 1 heterocycles. The summed E-state index contributed by atoms with van der Waals surface area (Å²) in [6.07, 6.45) is -0.835. The Morgan fingerprint density at radius 3 is 2.21 bits per heavy atom. The number of nitrogens with zero attached hydrogens (tertiary/aromatic N) is 2. The second-order valence-electron chi connectivity index (χ2n) is 9.24. The van der Waals surface area contributed by atoms with E-state index in [4.69, 9.17) is 9.84 Å². The number of ether oxygens (including phenoxy) is 1. The lowest BCUT2D eigenvalue weighted by molar-refractivity contribution is -0.137. The molecule has 5 rings (SSSR count). The van der Waals surface area contributed by atoms with Crippen LogP contribution in [0.15, 0.2) is 78.9 Å². The Morgan fingerprint density at radius 2 is 1.56 bits per heavy atom. The smallest absolute Gasteiger partial charge is 0.413 e. The van der Waals surface area contributed by atoms with Crippen LogP contribution in [0.25, 0.3) is 11.1 Å². The van der Waals surface area contributed by atoms with Crippen molar-refractivity contribution in [3.63, 3.8) is 0 Å². The fourth-order valence-corrected chi connectivity index (χ4v) is 5.72. The third kappa shape index (κ3) is 5.83. The Labute approximate surface area is 229 Å². The lowest BCUT2D eigenvalue weighted by atomic mass is 9.98. The van der Waals surface area contributed by atoms with Crippen LogP contribution in [0.1, 0.15) is 44.4 Å². The number of nitrogens with one attached hydrogen (secondary N) is 1. The van der Waals surface area contributed by atoms with Gasteiger partial charge in [-0.1, -0.05) is 90.2 Å². The molecule has 198 valence electrons. The Bertz CT molecular complexity index is 1470. The predicted molar refractivity (Wildman–Crippen MR) is 149 cm³/mol. The summed E-state index contributed by atoms with van der Waals surface area (Å²) in [6.45, 7) is 2.16. The van der Waals surface area contributed by atoms with Crippen molar-refractivity contribution in [3.05, 3.63) is 106 Å². The Hall–Kier alpha value is -4.50. The minimum absolute atomic E-state index is 0.0511. The average Bonchev–Trinajstić information content (AvgIpc) is 3.46. The first kappa shape index (κ1) is 26.1. The number of benzene rings is 3. The summed E-state index contributed by atoms with van der Waals surface area (Å²) in [7, 11) is 0. The number of carbonyl (C=O) groups excluding carboxylic acids is 2. The standard InChI is InChI=1S/C30H27N3O5S/c1-19-27(28(36)33(16-15-26(34)35)17-20-9-3-2-4-10-20)39-29(31-19)32-30(37)38-18-25-23-13-7-5-11-21(23)22-12-6-8-14-24(22)25/h2-14,25H,15-18H2,1H3,(H,34,35)(H,31,32,37). The summed E-state index contributed by atoms with van der Waals surface area (Å²) in [6, 6.07) is 25.6. The highest BCUT2D eigenvalue weighted by molar-refractivity contribution is 7.17. The van der Waals surface area contributed by atoms with Crippen LogP contribution in [-0.2, 0) is 16.1 Å². The van der Waals surface area contributed by atoms with Gasteiger partial charge in [-0.15, -0.1) is 0 Å². The fourth-order valence-electron chi connectivity index (χ4n) is 4.80. The number of hydrogen-bond donors (Lipinski definition) is 2. The number of rotatable bonds is 9. The van der Waals surface area contributed by atoms with Crippen LogP contribution in [0.3, 0.4) is 0 Å². The van der Waals surface area contributed by atoms with Crippen LogP contribution in [0, 0.1) is 6.92 Å². The van der Waals surface area contributed by atoms with Gasteiger partial charge in [-0.05, 0) is 34.7 Å². The summed E-state index contributed by atoms with van der Waals surface area (Å²) < 4.78 is 5.60. The van der Waals surface area contributed by atoms with Crippen molar-refractivity contribution in [1.29, 1.82) is 0 Å². The number of aromatic nitrogens is 1. The number of aliphatic carboxylic acids is 1. The van der Waals surface area contributed by atoms with Crippen LogP contribution in [0.2, 0.25) is 0 Å². The number of anilines is 1. The number of thiazole rings is 1. The molecule has 0 saturated carbocycles. The molecule has 9 heteroatoms. The summed E-state index contributed by atoms with van der Waals surface area (Å²) in [5, 5.41) is 12.1. The lowest BCUT2D eigenvalue weighted by Gasteiger charge is -2.21. The van der Waals surface area contributed by atoms with E-state index in [2.05, 4.69) is 34.6 Å². The van der Waals surface area contributed by atoms with Crippen molar-refractivity contribution < 1.29 is 24.2 Å². The highest BCUT2D eigenvalue weighted by Gasteiger charge is 2.29. The zero-order chi connectivity index (χ0) is 27.4. The van der Waals surface area contributed by atoms with Crippen LogP contribution in [0.4, 0.5) is 9.93 Å². The molecule has 0 spiro atoms. The Morgan fingerprint density at radius 1 is 0.949 bits per heavy atom. The van der Waals surface area contributed by atoms with E-state index in [0.29, 0.717) is 10.6 Å². The van der Waals surface area contributed by atoms with E-state index in [0.717, 1.165) is 39.2 Å². The first-order valence-corrected chi connectivity index (χ1v) is 13.4. The predicted octanol–water partition coefficient (Wildman–Crippen LogP) is 5.93. The van der Waals surface area contributed by atoms with Gasteiger partial charge in [-0.2, -0.15) is 0 Å². The number of fused-ring (bicyclic) bond motifs is 3. The van der Waals surface area contributed by atoms with Gasteiger partial charge in [-0.3, -0.25) is 14.9 Å². The number of hydrogen-bond acceptors (Lipinski definition) is 6. The van der Waals surface area contributed by atoms with Crippen molar-refractivity contribution in [2.24, 2.45) is 0 Å². The van der Waals surface area contributed by atoms with Gasteiger partial charge in [-0.25, -0.2) is 9.78 Å². The second-order valence-corrected chi connectivity index (χ2v) is 10.2. The molecule has 3 aromatic carbocycles. The highest BCUT2D eigenvalue weighted by Crippen LogP contribution is 2.44. The molecule has 1 aromatic heterocycles. The number of carboxylic acids is 1. The van der Waals surface area contributed by atoms with Gasteiger partial charge in [0.2, 0.25) is 0 Å². The van der Waals surface area contributed by atoms with E-state index in [1.807, 2.05) is 54.6 Å². The maximum Gasteiger partial charge on any atom is 0.413 e. The summed E-state index contributed by atoms with van der Waals surface area (Å²) in [5.41, 5.74) is 5.85. The number of carbonyl (C=O) groups is 3. The van der Waals surface area contributed by atoms with Gasteiger partial charge in [0.1, 0.15) is 11.5 Å². The maximum absolute atomic E-state index is 13.4. The zero-order valence-corrected chi connectivity index (χ0v) is 22.1. The van der Waals surface area contributed by atoms with E-state index >= 15 is 0 Å². The minimum atomic E-state index is -0.987. The molecular weight excluding hydrogens is 514 g/mol. The van der Waals surface area contributed by atoms with Crippen molar-refractivity contribution in [2.75, 3.05) is 18.5 Å². The number of carboxylic acid groups (broad SMARTS) is 1. The maximum atomic E-state index is 13.4. The largest absolute Gasteiger partial charge is 0.481 e. The molecule has 1 aliphatic rings. The van der Waals surface area contributed by atoms with Crippen molar-refractivity contribution >= 4 is 34.4 Å². The minimum Gasteiger partial charge on any atom is -0.481 e. The van der Waals surface area contributed by atoms with Gasteiger partial charge in [0, 0.05) is 19.0 Å². The van der Waals surface area contributed by atoms with E-state index < -0.39 is 12.1 Å². The molecule has 8 nitrogen and oxygen atoms in total. The molecule has 0 radical (unpaired) electrons. The lowest BCUT2D eigenvalue weighted by Crippen LogP contribution is -2.32. The molecular formula is C30H27N3O5S. The Kier molecular flexibility index (Phi) is 7.69. The first-order chi connectivity index (χ1) is 18.9. The fraction of sp³-hybridized carbons (Fsp3) is 0.200. The van der Waals surface area contributed by atoms with Gasteiger partial charge in [0.25, 0.3) is 5.91 Å². The second kappa shape index (κ2) is 11.5. The molecule has 1 aliphatic carbocycles. The first-order valence-electron chi connectivity index (χ1n) is 12.5. The molecule has 2 amide bonds. The van der Waals surface area contributed by atoms with E-state index in [-0.39, 0.29) is 43.1 Å². The Balaban J connectivity index is 1.26. The van der Waals surface area contributed by atoms with Crippen molar-refractivity contribution in [1.82, 2.24) is 9.88 Å². The zero-order valence-electron chi connectivity index (χ0n) is 21.3. The van der Waals surface area contributed by atoms with Gasteiger partial charge in [0.15, 0.2) is 5.13 Å². The van der Waals surface area contributed by atoms with Crippen LogP contribution >= 0.6 is 11.3 Å². The van der Waals surface area contributed by atoms with Crippen LogP contribution in [-0.4, -0.2) is 46.1 Å². The van der Waals surface area contributed by atoms with Gasteiger partial charge < -0.3 is 14.7 Å². The molecule has 0 fully saturated rings. The molecule has 0 aliphatic heterocycles. The van der Waals surface area contributed by atoms with E-state index in [1.54, 1.807) is 6.92 Å². The van der Waals surface area contributed by atoms with E-state index in [9.17, 15) is 14.4 Å². The molecule has 4 aromatic rings. The van der Waals surface area contributed by atoms with Crippen molar-refractivity contribution in [2.45, 2.75) is 25.8 Å². The van der Waals surface area contributed by atoms with Crippen LogP contribution < -0.4 is 5.32 Å². The molecule has 39 heavy (non-hydrogen) atoms. The van der Waals surface area contributed by atoms with Gasteiger partial charge in [0.05, 0.1) is 12.1 Å². The molecule has 0 atom stereocenters. The van der Waals surface area contributed by atoms with E-state index in [1.165, 1.54) is 4.90 Å². The quantitative estimate of drug-likeness (QED) is 0.272. The third-order valence-corrected chi connectivity index (χ3v) is 7.70. The van der Waals surface area contributed by atoms with Crippen molar-refractivity contribution in [3.8, 4) is 11.1 Å². The summed E-state index contributed by atoms with van der Waals surface area (Å²) in [4.78, 5) is 43.5. The van der Waals surface area contributed by atoms with Crippen LogP contribution in [0.5, 0.6) is 0 Å². The van der Waals surface area contributed by atoms with Gasteiger partial charge >= 0.3 is 12.1 Å². The number of aryl methyl sites for hydroxylation is 1. The normalized spacial score (nSPS) is 11.9. The monoisotopic (exact) mass is 541 g/mol. The molecule has 0 bridgehead atoms. The SMILES string of the molecule is Cc1nc(NC(=O)OCC2c3ccccc3-c3ccccc32)sc1C(=O)N(CCC(=O)O)Cc1ccccc1. The summed E-state index contributed by atoms with van der Waals surface area (Å²) in [5.74, 6) is -1.39. The highest BCUT2D eigenvalue weighted by atomic mass is 32.1. The molecule has 0 unspecified atom stereocenters. The topological polar surface area (TPSA) is 109 Å².